The summed E-state index contributed by atoms with van der Waals surface area (Å²) in [6.07, 6.45) is 2.58. The van der Waals surface area contributed by atoms with Crippen LogP contribution in [0.25, 0.3) is 5.57 Å². The molecule has 0 bridgehead atoms. The number of ketones is 1. The Kier molecular flexibility index (Phi) is 6.84. The van der Waals surface area contributed by atoms with Crippen LogP contribution < -0.4 is 10.1 Å². The fourth-order valence-corrected chi connectivity index (χ4v) is 4.90. The molecule has 33 heavy (non-hydrogen) atoms. The lowest BCUT2D eigenvalue weighted by molar-refractivity contribution is -0.140. The zero-order valence-corrected chi connectivity index (χ0v) is 19.6. The Morgan fingerprint density at radius 2 is 1.79 bits per heavy atom. The molecule has 0 radical (unpaired) electrons. The predicted octanol–water partition coefficient (Wildman–Crippen LogP) is 4.69. The van der Waals surface area contributed by atoms with Gasteiger partial charge in [-0.3, -0.25) is 9.59 Å². The molecule has 0 saturated heterocycles. The van der Waals surface area contributed by atoms with Crippen molar-refractivity contribution in [1.82, 2.24) is 0 Å². The normalized spacial score (nSPS) is 24.4. The fourth-order valence-electron chi connectivity index (χ4n) is 4.90. The maximum Gasteiger partial charge on any atom is 0.250 e. The smallest absolute Gasteiger partial charge is 0.250 e. The number of benzene rings is 2. The SMILES string of the molecule is COc1ccc(C2=COC3C(CCC(OCC(=O)Nc4cc(C)cc(C)c4)C3C)C2=O)cc1. The van der Waals surface area contributed by atoms with Gasteiger partial charge in [-0.05, 0) is 67.6 Å². The number of fused-ring (bicyclic) bond motifs is 1. The van der Waals surface area contributed by atoms with Crippen LogP contribution in [0.3, 0.4) is 0 Å². The van der Waals surface area contributed by atoms with E-state index in [1.165, 1.54) is 0 Å². The Morgan fingerprint density at radius 3 is 2.45 bits per heavy atom. The number of amides is 1. The van der Waals surface area contributed by atoms with Crippen LogP contribution >= 0.6 is 0 Å². The third-order valence-electron chi connectivity index (χ3n) is 6.54. The summed E-state index contributed by atoms with van der Waals surface area (Å²) in [5.74, 6) is 0.460. The lowest BCUT2D eigenvalue weighted by Gasteiger charge is -2.42. The average Bonchev–Trinajstić information content (AvgIpc) is 2.78. The van der Waals surface area contributed by atoms with Crippen LogP contribution in [0.2, 0.25) is 0 Å². The van der Waals surface area contributed by atoms with Crippen molar-refractivity contribution >= 4 is 23.0 Å². The number of methoxy groups -OCH3 is 1. The van der Waals surface area contributed by atoms with Gasteiger partial charge in [0, 0.05) is 11.6 Å². The first-order chi connectivity index (χ1) is 15.9. The van der Waals surface area contributed by atoms with Gasteiger partial charge in [0.2, 0.25) is 5.91 Å². The summed E-state index contributed by atoms with van der Waals surface area (Å²) in [5, 5.41) is 2.91. The number of allylic oxidation sites excluding steroid dienone is 1. The Bertz CT molecular complexity index is 1040. The molecule has 1 aliphatic heterocycles. The molecule has 1 heterocycles. The highest BCUT2D eigenvalue weighted by Crippen LogP contribution is 2.40. The van der Waals surface area contributed by atoms with Crippen LogP contribution in [0.4, 0.5) is 5.69 Å². The zero-order valence-electron chi connectivity index (χ0n) is 19.6. The second kappa shape index (κ2) is 9.79. The molecule has 0 aromatic heterocycles. The molecule has 2 aromatic rings. The third kappa shape index (κ3) is 5.11. The number of nitrogens with one attached hydrogen (secondary N) is 1. The number of ether oxygens (including phenoxy) is 3. The molecule has 1 saturated carbocycles. The number of rotatable bonds is 6. The maximum atomic E-state index is 13.2. The summed E-state index contributed by atoms with van der Waals surface area (Å²) in [5.41, 5.74) is 4.39. The van der Waals surface area contributed by atoms with Gasteiger partial charge in [0.25, 0.3) is 0 Å². The van der Waals surface area contributed by atoms with Gasteiger partial charge in [-0.15, -0.1) is 0 Å². The summed E-state index contributed by atoms with van der Waals surface area (Å²) in [6, 6.07) is 13.4. The van der Waals surface area contributed by atoms with Crippen molar-refractivity contribution in [2.45, 2.75) is 45.8 Å². The molecule has 1 aliphatic carbocycles. The van der Waals surface area contributed by atoms with E-state index >= 15 is 0 Å². The van der Waals surface area contributed by atoms with Gasteiger partial charge in [0.05, 0.1) is 31.0 Å². The van der Waals surface area contributed by atoms with Crippen molar-refractivity contribution in [3.05, 3.63) is 65.4 Å². The fraction of sp³-hybridized carbons (Fsp3) is 0.407. The standard InChI is InChI=1S/C27H31NO5/c1-16-11-17(2)13-20(12-16)28-25(29)15-32-24-10-9-22-26(30)23(14-33-27(22)18(24)3)19-5-7-21(31-4)8-6-19/h5-8,11-14,18,22,24,27H,9-10,15H2,1-4H3,(H,28,29). The highest BCUT2D eigenvalue weighted by atomic mass is 16.5. The van der Waals surface area contributed by atoms with Crippen molar-refractivity contribution in [3.8, 4) is 5.75 Å². The molecule has 2 aliphatic rings. The molecule has 2 aromatic carbocycles. The number of carbonyl (C=O) groups excluding carboxylic acids is 2. The van der Waals surface area contributed by atoms with E-state index in [4.69, 9.17) is 14.2 Å². The average molecular weight is 450 g/mol. The molecule has 0 spiro atoms. The van der Waals surface area contributed by atoms with Crippen molar-refractivity contribution in [2.75, 3.05) is 19.0 Å². The Labute approximate surface area is 194 Å². The zero-order chi connectivity index (χ0) is 23.5. The van der Waals surface area contributed by atoms with Gasteiger partial charge < -0.3 is 19.5 Å². The second-order valence-electron chi connectivity index (χ2n) is 9.04. The summed E-state index contributed by atoms with van der Waals surface area (Å²) in [6.45, 7) is 6.00. The van der Waals surface area contributed by atoms with E-state index in [0.717, 1.165) is 28.1 Å². The molecule has 1 amide bonds. The van der Waals surface area contributed by atoms with E-state index in [2.05, 4.69) is 11.4 Å². The highest BCUT2D eigenvalue weighted by molar-refractivity contribution is 6.22. The van der Waals surface area contributed by atoms with Crippen molar-refractivity contribution in [1.29, 1.82) is 0 Å². The predicted molar refractivity (Wildman–Crippen MR) is 127 cm³/mol. The highest BCUT2D eigenvalue weighted by Gasteiger charge is 2.45. The van der Waals surface area contributed by atoms with Gasteiger partial charge >= 0.3 is 0 Å². The third-order valence-corrected chi connectivity index (χ3v) is 6.54. The number of carbonyl (C=O) groups is 2. The minimum atomic E-state index is -0.249. The molecule has 1 fully saturated rings. The van der Waals surface area contributed by atoms with Gasteiger partial charge in [0.15, 0.2) is 5.78 Å². The van der Waals surface area contributed by atoms with Crippen LogP contribution in [0.5, 0.6) is 5.75 Å². The van der Waals surface area contributed by atoms with Crippen molar-refractivity contribution in [2.24, 2.45) is 11.8 Å². The molecular weight excluding hydrogens is 418 g/mol. The summed E-state index contributed by atoms with van der Waals surface area (Å²) in [7, 11) is 1.61. The van der Waals surface area contributed by atoms with Crippen LogP contribution in [-0.2, 0) is 19.1 Å². The van der Waals surface area contributed by atoms with Gasteiger partial charge in [0.1, 0.15) is 18.5 Å². The van der Waals surface area contributed by atoms with Gasteiger partial charge in [-0.2, -0.15) is 0 Å². The Hall–Kier alpha value is -3.12. The quantitative estimate of drug-likeness (QED) is 0.693. The number of Topliss-reactive ketones (excluding diaryl/α,β-unsaturated/α-hetero) is 1. The second-order valence-corrected chi connectivity index (χ2v) is 9.04. The molecule has 4 unspecified atom stereocenters. The molecular formula is C27H31NO5. The summed E-state index contributed by atoms with van der Waals surface area (Å²) >= 11 is 0. The molecule has 4 rings (SSSR count). The van der Waals surface area contributed by atoms with E-state index in [1.54, 1.807) is 13.4 Å². The van der Waals surface area contributed by atoms with Crippen LogP contribution in [0.1, 0.15) is 36.5 Å². The van der Waals surface area contributed by atoms with E-state index in [0.29, 0.717) is 18.4 Å². The number of anilines is 1. The largest absolute Gasteiger partial charge is 0.497 e. The summed E-state index contributed by atoms with van der Waals surface area (Å²) in [4.78, 5) is 25.6. The van der Waals surface area contributed by atoms with Gasteiger partial charge in [-0.25, -0.2) is 0 Å². The van der Waals surface area contributed by atoms with Crippen LogP contribution in [0, 0.1) is 25.7 Å². The van der Waals surface area contributed by atoms with E-state index in [-0.39, 0.29) is 42.3 Å². The van der Waals surface area contributed by atoms with Gasteiger partial charge in [-0.1, -0.05) is 25.1 Å². The van der Waals surface area contributed by atoms with E-state index < -0.39 is 0 Å². The first-order valence-electron chi connectivity index (χ1n) is 11.4. The topological polar surface area (TPSA) is 73.9 Å². The molecule has 4 atom stereocenters. The minimum Gasteiger partial charge on any atom is -0.497 e. The first-order valence-corrected chi connectivity index (χ1v) is 11.4. The molecule has 6 nitrogen and oxygen atoms in total. The minimum absolute atomic E-state index is 0.00428. The molecule has 6 heteroatoms. The Balaban J connectivity index is 1.36. The molecule has 174 valence electrons. The lowest BCUT2D eigenvalue weighted by atomic mass is 9.73. The van der Waals surface area contributed by atoms with Crippen LogP contribution in [0.15, 0.2) is 48.7 Å². The summed E-state index contributed by atoms with van der Waals surface area (Å²) < 4.78 is 17.2. The number of aryl methyl sites for hydroxylation is 2. The maximum absolute atomic E-state index is 13.2. The van der Waals surface area contributed by atoms with E-state index in [9.17, 15) is 9.59 Å². The number of hydrogen-bond donors (Lipinski definition) is 1. The molecule has 1 N–H and O–H groups in total. The van der Waals surface area contributed by atoms with Crippen molar-refractivity contribution in [3.63, 3.8) is 0 Å². The number of hydrogen-bond acceptors (Lipinski definition) is 5. The van der Waals surface area contributed by atoms with Crippen LogP contribution in [-0.4, -0.2) is 37.6 Å². The van der Waals surface area contributed by atoms with E-state index in [1.807, 2.05) is 57.2 Å². The first kappa shape index (κ1) is 23.1. The van der Waals surface area contributed by atoms with Crippen molar-refractivity contribution < 1.29 is 23.8 Å². The lowest BCUT2D eigenvalue weighted by Crippen LogP contribution is -2.48. The Morgan fingerprint density at radius 1 is 1.09 bits per heavy atom. The monoisotopic (exact) mass is 449 g/mol.